The van der Waals surface area contributed by atoms with E-state index in [-0.39, 0.29) is 12.7 Å². The first-order valence-electron chi connectivity index (χ1n) is 13.2. The van der Waals surface area contributed by atoms with Crippen molar-refractivity contribution in [3.05, 3.63) is 11.6 Å². The molecule has 1 atom stereocenters. The number of carboxylic acids is 1. The molecule has 0 amide bonds. The average molecular weight is 443 g/mol. The maximum atomic E-state index is 11.0. The number of carbonyl (C=O) groups is 1. The molecule has 0 rings (SSSR count). The summed E-state index contributed by atoms with van der Waals surface area (Å²) in [5, 5.41) is 25.5. The summed E-state index contributed by atoms with van der Waals surface area (Å²) < 4.78 is 0. The Labute approximate surface area is 193 Å². The van der Waals surface area contributed by atoms with E-state index in [0.717, 1.165) is 31.3 Å². The van der Waals surface area contributed by atoms with Crippen LogP contribution in [0.4, 0.5) is 0 Å². The molecule has 1 unspecified atom stereocenters. The topological polar surface area (TPSA) is 77.8 Å². The summed E-state index contributed by atoms with van der Waals surface area (Å²) in [5.74, 6) is -0.769. The van der Waals surface area contributed by atoms with Crippen LogP contribution in [0.1, 0.15) is 143 Å². The van der Waals surface area contributed by atoms with Gasteiger partial charge in [0.1, 0.15) is 0 Å². The summed E-state index contributed by atoms with van der Waals surface area (Å²) in [4.78, 5) is 11.0. The Morgan fingerprint density at radius 3 is 1.32 bits per heavy atom. The first-order chi connectivity index (χ1) is 15.0. The second-order valence-corrected chi connectivity index (χ2v) is 8.95. The maximum Gasteiger partial charge on any atom is 0.328 e. The van der Waals surface area contributed by atoms with E-state index in [0.29, 0.717) is 6.42 Å². The van der Waals surface area contributed by atoms with Gasteiger partial charge in [-0.1, -0.05) is 109 Å². The van der Waals surface area contributed by atoms with Gasteiger partial charge in [-0.2, -0.15) is 0 Å². The van der Waals surface area contributed by atoms with Crippen LogP contribution in [0.5, 0.6) is 0 Å². The third-order valence-electron chi connectivity index (χ3n) is 5.58. The Kier molecular flexibility index (Phi) is 28.3. The average Bonchev–Trinajstić information content (AvgIpc) is 2.71. The van der Waals surface area contributed by atoms with Gasteiger partial charge in [-0.25, -0.2) is 4.79 Å². The first-order valence-corrected chi connectivity index (χ1v) is 13.2. The molecule has 186 valence electrons. The highest BCUT2D eigenvalue weighted by molar-refractivity contribution is 5.80. The lowest BCUT2D eigenvalue weighted by atomic mass is 9.99. The van der Waals surface area contributed by atoms with E-state index in [1.165, 1.54) is 96.0 Å². The van der Waals surface area contributed by atoms with Gasteiger partial charge in [0.05, 0.1) is 6.10 Å². The number of aliphatic hydroxyl groups excluding tert-OH is 2. The molecule has 0 aliphatic rings. The Hall–Kier alpha value is -0.870. The fraction of sp³-hybridized carbons (Fsp3) is 0.889. The first kappa shape index (κ1) is 32.3. The highest BCUT2D eigenvalue weighted by atomic mass is 16.4. The van der Waals surface area contributed by atoms with E-state index in [4.69, 9.17) is 15.3 Å². The van der Waals surface area contributed by atoms with E-state index in [1.54, 1.807) is 6.92 Å². The predicted molar refractivity (Wildman–Crippen MR) is 134 cm³/mol. The van der Waals surface area contributed by atoms with E-state index in [2.05, 4.69) is 13.8 Å². The summed E-state index contributed by atoms with van der Waals surface area (Å²) >= 11 is 0. The van der Waals surface area contributed by atoms with Crippen LogP contribution in [0.2, 0.25) is 0 Å². The number of aliphatic hydroxyl groups is 2. The molecule has 4 heteroatoms. The van der Waals surface area contributed by atoms with E-state index in [1.807, 2.05) is 0 Å². The van der Waals surface area contributed by atoms with Gasteiger partial charge < -0.3 is 15.3 Å². The number of rotatable bonds is 21. The Morgan fingerprint density at radius 2 is 1.06 bits per heavy atom. The molecule has 0 bridgehead atoms. The van der Waals surface area contributed by atoms with Crippen molar-refractivity contribution in [2.75, 3.05) is 6.61 Å². The fourth-order valence-corrected chi connectivity index (χ4v) is 3.60. The second-order valence-electron chi connectivity index (χ2n) is 8.95. The van der Waals surface area contributed by atoms with Crippen LogP contribution in [-0.2, 0) is 4.79 Å². The summed E-state index contributed by atoms with van der Waals surface area (Å²) in [6.07, 6.45) is 24.5. The third kappa shape index (κ3) is 31.4. The van der Waals surface area contributed by atoms with Gasteiger partial charge >= 0.3 is 5.97 Å². The van der Waals surface area contributed by atoms with E-state index < -0.39 is 5.97 Å². The molecule has 0 spiro atoms. The predicted octanol–water partition coefficient (Wildman–Crippen LogP) is 7.81. The summed E-state index contributed by atoms with van der Waals surface area (Å²) in [7, 11) is 0. The molecule has 0 heterocycles. The molecule has 0 saturated heterocycles. The highest BCUT2D eigenvalue weighted by Gasteiger charge is 2.02. The van der Waals surface area contributed by atoms with Gasteiger partial charge in [0.15, 0.2) is 0 Å². The molecule has 0 radical (unpaired) electrons. The zero-order valence-electron chi connectivity index (χ0n) is 21.0. The molecule has 0 aromatic carbocycles. The van der Waals surface area contributed by atoms with Crippen LogP contribution in [0.25, 0.3) is 0 Å². The van der Waals surface area contributed by atoms with Crippen LogP contribution in [-0.4, -0.2) is 34.0 Å². The zero-order chi connectivity index (χ0) is 23.6. The maximum absolute atomic E-state index is 11.0. The SMILES string of the molecule is CC(O)CCO.CCCCCCCCCCC(=CC(=O)O)CCCCCCCCCC. The van der Waals surface area contributed by atoms with Crippen LogP contribution in [0, 0.1) is 0 Å². The minimum Gasteiger partial charge on any atom is -0.478 e. The molecular weight excluding hydrogens is 388 g/mol. The standard InChI is InChI=1S/C23H44O2.C4H10O2/c1-3-5-7-9-11-13-15-17-19-22(21-23(24)25)20-18-16-14-12-10-8-6-4-2;1-4(6)2-3-5/h21H,3-20H2,1-2H3,(H,24,25);4-6H,2-3H2,1H3. The molecular formula is C27H54O4. The van der Waals surface area contributed by atoms with Gasteiger partial charge in [0.25, 0.3) is 0 Å². The molecule has 3 N–H and O–H groups in total. The van der Waals surface area contributed by atoms with E-state index in [9.17, 15) is 4.79 Å². The second kappa shape index (κ2) is 27.2. The van der Waals surface area contributed by atoms with E-state index >= 15 is 0 Å². The van der Waals surface area contributed by atoms with Crippen LogP contribution in [0.3, 0.4) is 0 Å². The number of aliphatic carboxylic acids is 1. The lowest BCUT2D eigenvalue weighted by molar-refractivity contribution is -0.131. The van der Waals surface area contributed by atoms with Crippen LogP contribution in [0.15, 0.2) is 11.6 Å². The highest BCUT2D eigenvalue weighted by Crippen LogP contribution is 2.19. The minimum absolute atomic E-state index is 0.0810. The molecule has 0 fully saturated rings. The largest absolute Gasteiger partial charge is 0.478 e. The summed E-state index contributed by atoms with van der Waals surface area (Å²) in [6.45, 7) is 6.24. The molecule has 0 aromatic heterocycles. The number of unbranched alkanes of at least 4 members (excludes halogenated alkanes) is 14. The lowest BCUT2D eigenvalue weighted by Crippen LogP contribution is -2.00. The Morgan fingerprint density at radius 1 is 0.710 bits per heavy atom. The molecule has 0 aliphatic carbocycles. The fourth-order valence-electron chi connectivity index (χ4n) is 3.60. The van der Waals surface area contributed by atoms with Crippen molar-refractivity contribution < 1.29 is 20.1 Å². The van der Waals surface area contributed by atoms with Crippen molar-refractivity contribution in [2.45, 2.75) is 149 Å². The number of allylic oxidation sites excluding steroid dienone is 1. The van der Waals surface area contributed by atoms with Crippen LogP contribution >= 0.6 is 0 Å². The number of carboxylic acid groups (broad SMARTS) is 1. The Bertz CT molecular complexity index is 369. The quantitative estimate of drug-likeness (QED) is 0.125. The third-order valence-corrected chi connectivity index (χ3v) is 5.58. The van der Waals surface area contributed by atoms with Crippen molar-refractivity contribution in [1.29, 1.82) is 0 Å². The summed E-state index contributed by atoms with van der Waals surface area (Å²) in [5.41, 5.74) is 1.16. The smallest absolute Gasteiger partial charge is 0.328 e. The van der Waals surface area contributed by atoms with Gasteiger partial charge in [0.2, 0.25) is 0 Å². The molecule has 4 nitrogen and oxygen atoms in total. The van der Waals surface area contributed by atoms with Gasteiger partial charge in [0, 0.05) is 12.7 Å². The van der Waals surface area contributed by atoms with Crippen molar-refractivity contribution in [3.8, 4) is 0 Å². The number of hydrogen-bond acceptors (Lipinski definition) is 3. The lowest BCUT2D eigenvalue weighted by Gasteiger charge is -2.07. The monoisotopic (exact) mass is 442 g/mol. The van der Waals surface area contributed by atoms with Crippen molar-refractivity contribution >= 4 is 5.97 Å². The zero-order valence-corrected chi connectivity index (χ0v) is 21.0. The molecule has 0 aromatic rings. The van der Waals surface area contributed by atoms with Crippen molar-refractivity contribution in [2.24, 2.45) is 0 Å². The molecule has 0 aliphatic heterocycles. The summed E-state index contributed by atoms with van der Waals surface area (Å²) in [6, 6.07) is 0. The molecule has 0 saturated carbocycles. The van der Waals surface area contributed by atoms with Gasteiger partial charge in [-0.15, -0.1) is 0 Å². The normalized spacial score (nSPS) is 11.5. The van der Waals surface area contributed by atoms with Crippen molar-refractivity contribution in [3.63, 3.8) is 0 Å². The Balaban J connectivity index is 0. The van der Waals surface area contributed by atoms with Gasteiger partial charge in [-0.3, -0.25) is 0 Å². The van der Waals surface area contributed by atoms with Crippen molar-refractivity contribution in [1.82, 2.24) is 0 Å². The number of hydrogen-bond donors (Lipinski definition) is 3. The minimum atomic E-state index is -0.769. The molecule has 31 heavy (non-hydrogen) atoms. The van der Waals surface area contributed by atoms with Gasteiger partial charge in [-0.05, 0) is 39.0 Å². The van der Waals surface area contributed by atoms with Crippen LogP contribution < -0.4 is 0 Å².